The maximum Gasteiger partial charge on any atom is 0.0782 e. The normalized spacial score (nSPS) is 14.1. The van der Waals surface area contributed by atoms with Crippen molar-refractivity contribution >= 4 is 55.9 Å². The van der Waals surface area contributed by atoms with Gasteiger partial charge in [-0.05, 0) is 129 Å². The Balaban J connectivity index is 1.07. The fourth-order valence-electron chi connectivity index (χ4n) is 12.0. The molecule has 2 aliphatic rings. The van der Waals surface area contributed by atoms with Crippen molar-refractivity contribution in [3.8, 4) is 39.1 Å². The molecule has 1 aromatic heterocycles. The summed E-state index contributed by atoms with van der Waals surface area (Å²) in [5.74, 6) is 0. The minimum absolute atomic E-state index is 0.613. The Labute approximate surface area is 408 Å². The molecule has 70 heavy (non-hydrogen) atoms. The maximum absolute atomic E-state index is 2.53. The van der Waals surface area contributed by atoms with E-state index in [1.165, 1.54) is 60.8 Å². The van der Waals surface area contributed by atoms with Gasteiger partial charge in [-0.3, -0.25) is 0 Å². The first-order chi connectivity index (χ1) is 34.8. The third-order valence-corrected chi connectivity index (χ3v) is 14.8. The Hall–Kier alpha value is -9.18. The van der Waals surface area contributed by atoms with Crippen LogP contribution in [0.25, 0.3) is 60.9 Å². The zero-order valence-electron chi connectivity index (χ0n) is 38.3. The molecular weight excluding hydrogens is 847 g/mol. The highest BCUT2D eigenvalue weighted by Gasteiger charge is 2.52. The van der Waals surface area contributed by atoms with Crippen molar-refractivity contribution in [1.29, 1.82) is 0 Å². The van der Waals surface area contributed by atoms with E-state index in [-0.39, 0.29) is 0 Å². The molecule has 0 saturated carbocycles. The molecule has 0 aliphatic heterocycles. The van der Waals surface area contributed by atoms with Crippen molar-refractivity contribution < 1.29 is 0 Å². The van der Waals surface area contributed by atoms with Crippen LogP contribution < -0.4 is 9.80 Å². The first kappa shape index (κ1) is 39.9. The largest absolute Gasteiger partial charge is 0.310 e. The molecule has 3 nitrogen and oxygen atoms in total. The summed E-state index contributed by atoms with van der Waals surface area (Å²) >= 11 is 0. The lowest BCUT2D eigenvalue weighted by molar-refractivity contribution is 0.793. The molecule has 12 aromatic rings. The minimum Gasteiger partial charge on any atom is -0.310 e. The second kappa shape index (κ2) is 16.0. The number of hydrogen-bond acceptors (Lipinski definition) is 2. The van der Waals surface area contributed by atoms with Crippen molar-refractivity contribution in [1.82, 2.24) is 4.57 Å². The van der Waals surface area contributed by atoms with Gasteiger partial charge in [0.2, 0.25) is 0 Å². The summed E-state index contributed by atoms with van der Waals surface area (Å²) in [5, 5.41) is 2.43. The standard InChI is InChI=1S/C67H45N3/c1-5-22-46(23-6-1)52-30-15-19-37-63(52)69(65-39-21-34-58-57-33-16-20-38-64(57)70(66(58)65)49-28-11-4-12-29-49)51-41-43-56-54-32-14-18-36-60(54)67(62(56)45-51)59-35-17-13-31-53(59)55-42-40-50(44-61(55)67)68(47-24-7-2-8-25-47)48-26-9-3-10-27-48/h1-45H. The van der Waals surface area contributed by atoms with Gasteiger partial charge in [-0.2, -0.15) is 0 Å². The van der Waals surface area contributed by atoms with Crippen molar-refractivity contribution in [2.75, 3.05) is 9.80 Å². The van der Waals surface area contributed by atoms with E-state index in [1.807, 2.05) is 0 Å². The van der Waals surface area contributed by atoms with E-state index in [1.54, 1.807) is 0 Å². The zero-order chi connectivity index (χ0) is 46.2. The number of rotatable bonds is 8. The van der Waals surface area contributed by atoms with Gasteiger partial charge < -0.3 is 14.4 Å². The third kappa shape index (κ3) is 5.88. The second-order valence-electron chi connectivity index (χ2n) is 18.4. The van der Waals surface area contributed by atoms with Gasteiger partial charge in [-0.1, -0.05) is 194 Å². The Kier molecular flexibility index (Phi) is 9.11. The van der Waals surface area contributed by atoms with Crippen LogP contribution in [-0.2, 0) is 5.41 Å². The molecule has 2 aliphatic carbocycles. The molecule has 328 valence electrons. The third-order valence-electron chi connectivity index (χ3n) is 14.8. The summed E-state index contributed by atoms with van der Waals surface area (Å²) in [4.78, 5) is 4.93. The molecule has 0 N–H and O–H groups in total. The van der Waals surface area contributed by atoms with Gasteiger partial charge >= 0.3 is 0 Å². The van der Waals surface area contributed by atoms with Crippen LogP contribution in [0.15, 0.2) is 273 Å². The summed E-state index contributed by atoms with van der Waals surface area (Å²) in [6.45, 7) is 0. The molecule has 1 atom stereocenters. The minimum atomic E-state index is -0.613. The van der Waals surface area contributed by atoms with Gasteiger partial charge in [-0.25, -0.2) is 0 Å². The monoisotopic (exact) mass is 891 g/mol. The van der Waals surface area contributed by atoms with E-state index in [0.29, 0.717) is 0 Å². The van der Waals surface area contributed by atoms with Crippen LogP contribution in [0.3, 0.4) is 0 Å². The van der Waals surface area contributed by atoms with Crippen LogP contribution in [0.1, 0.15) is 22.3 Å². The topological polar surface area (TPSA) is 11.4 Å². The molecule has 0 amide bonds. The van der Waals surface area contributed by atoms with E-state index >= 15 is 0 Å². The second-order valence-corrected chi connectivity index (χ2v) is 18.4. The SMILES string of the molecule is c1ccc(-c2ccccc2N(c2ccc3c(c2)C2(c4ccccc4-c4ccc(N(c5ccccc5)c5ccccc5)cc42)c2ccccc2-3)c2cccc3c4ccccc4n(-c4ccccc4)c23)cc1. The van der Waals surface area contributed by atoms with E-state index in [2.05, 4.69) is 287 Å². The maximum atomic E-state index is 2.53. The van der Waals surface area contributed by atoms with Gasteiger partial charge in [0.25, 0.3) is 0 Å². The molecule has 0 radical (unpaired) electrons. The highest BCUT2D eigenvalue weighted by molar-refractivity contribution is 6.15. The Morgan fingerprint density at radius 2 is 0.743 bits per heavy atom. The number of anilines is 6. The molecule has 1 spiro atoms. The van der Waals surface area contributed by atoms with Gasteiger partial charge in [0, 0.05) is 44.8 Å². The molecule has 0 bridgehead atoms. The highest BCUT2D eigenvalue weighted by Crippen LogP contribution is 2.64. The molecule has 0 fully saturated rings. The molecule has 3 heteroatoms. The molecule has 11 aromatic carbocycles. The lowest BCUT2D eigenvalue weighted by Crippen LogP contribution is -2.26. The molecular formula is C67H45N3. The summed E-state index contributed by atoms with van der Waals surface area (Å²) in [7, 11) is 0. The van der Waals surface area contributed by atoms with Gasteiger partial charge in [0.1, 0.15) is 0 Å². The Morgan fingerprint density at radius 1 is 0.286 bits per heavy atom. The van der Waals surface area contributed by atoms with Gasteiger partial charge in [-0.15, -0.1) is 0 Å². The number of benzene rings is 11. The quantitative estimate of drug-likeness (QED) is 0.151. The number of para-hydroxylation sites is 6. The van der Waals surface area contributed by atoms with Gasteiger partial charge in [0.15, 0.2) is 0 Å². The average Bonchev–Trinajstić information content (AvgIpc) is 4.04. The summed E-state index contributed by atoms with van der Waals surface area (Å²) in [6.07, 6.45) is 0. The predicted octanol–water partition coefficient (Wildman–Crippen LogP) is 17.7. The smallest absolute Gasteiger partial charge is 0.0782 e. The van der Waals surface area contributed by atoms with Crippen LogP contribution >= 0.6 is 0 Å². The van der Waals surface area contributed by atoms with Crippen molar-refractivity contribution in [3.63, 3.8) is 0 Å². The molecule has 0 saturated heterocycles. The van der Waals surface area contributed by atoms with Crippen LogP contribution in [0.4, 0.5) is 34.1 Å². The Bertz CT molecular complexity index is 3900. The number of aromatic nitrogens is 1. The molecule has 1 unspecified atom stereocenters. The predicted molar refractivity (Wildman–Crippen MR) is 292 cm³/mol. The fourth-order valence-corrected chi connectivity index (χ4v) is 12.0. The van der Waals surface area contributed by atoms with E-state index < -0.39 is 5.41 Å². The average molecular weight is 892 g/mol. The van der Waals surface area contributed by atoms with Crippen LogP contribution in [0, 0.1) is 0 Å². The van der Waals surface area contributed by atoms with Crippen LogP contribution in [0.5, 0.6) is 0 Å². The first-order valence-corrected chi connectivity index (χ1v) is 24.2. The summed E-state index contributed by atoms with van der Waals surface area (Å²) < 4.78 is 2.46. The number of hydrogen-bond donors (Lipinski definition) is 0. The number of nitrogens with zero attached hydrogens (tertiary/aromatic N) is 3. The summed E-state index contributed by atoms with van der Waals surface area (Å²) in [6, 6.07) is 100. The highest BCUT2D eigenvalue weighted by atomic mass is 15.2. The lowest BCUT2D eigenvalue weighted by Gasteiger charge is -2.34. The van der Waals surface area contributed by atoms with Crippen molar-refractivity contribution in [2.24, 2.45) is 0 Å². The van der Waals surface area contributed by atoms with Crippen LogP contribution in [0.2, 0.25) is 0 Å². The first-order valence-electron chi connectivity index (χ1n) is 24.2. The van der Waals surface area contributed by atoms with Crippen LogP contribution in [-0.4, -0.2) is 4.57 Å². The van der Waals surface area contributed by atoms with Crippen molar-refractivity contribution in [3.05, 3.63) is 295 Å². The lowest BCUT2D eigenvalue weighted by atomic mass is 9.70. The zero-order valence-corrected chi connectivity index (χ0v) is 38.3. The Morgan fingerprint density at radius 3 is 1.37 bits per heavy atom. The van der Waals surface area contributed by atoms with E-state index in [4.69, 9.17) is 0 Å². The fraction of sp³-hybridized carbons (Fsp3) is 0.0149. The number of fused-ring (bicyclic) bond motifs is 13. The molecule has 14 rings (SSSR count). The van der Waals surface area contributed by atoms with E-state index in [0.717, 1.165) is 56.5 Å². The summed E-state index contributed by atoms with van der Waals surface area (Å²) in [5.41, 5.74) is 22.0. The van der Waals surface area contributed by atoms with E-state index in [9.17, 15) is 0 Å². The van der Waals surface area contributed by atoms with Crippen molar-refractivity contribution in [2.45, 2.75) is 5.41 Å². The molecule has 1 heterocycles. The van der Waals surface area contributed by atoms with Gasteiger partial charge in [0.05, 0.1) is 27.8 Å².